The van der Waals surface area contributed by atoms with Crippen molar-refractivity contribution in [3.63, 3.8) is 0 Å². The molecule has 1 saturated heterocycles. The van der Waals surface area contributed by atoms with E-state index in [1.54, 1.807) is 14.2 Å². The fourth-order valence-corrected chi connectivity index (χ4v) is 6.10. The molecule has 0 N–H and O–H groups in total. The van der Waals surface area contributed by atoms with Gasteiger partial charge in [0.15, 0.2) is 9.84 Å². The third kappa shape index (κ3) is 4.46. The van der Waals surface area contributed by atoms with Crippen molar-refractivity contribution in [3.05, 3.63) is 65.2 Å². The lowest BCUT2D eigenvalue weighted by atomic mass is 9.87. The van der Waals surface area contributed by atoms with Crippen LogP contribution in [0.1, 0.15) is 30.5 Å². The minimum atomic E-state index is -3.24. The number of hydrazone groups is 1. The minimum absolute atomic E-state index is 0.0175. The van der Waals surface area contributed by atoms with Crippen molar-refractivity contribution < 1.29 is 17.9 Å². The van der Waals surface area contributed by atoms with Gasteiger partial charge in [-0.3, -0.25) is 5.01 Å². The highest BCUT2D eigenvalue weighted by Crippen LogP contribution is 2.42. The van der Waals surface area contributed by atoms with Crippen LogP contribution in [0.25, 0.3) is 6.08 Å². The van der Waals surface area contributed by atoms with Crippen LogP contribution < -0.4 is 9.47 Å². The Hall–Kier alpha value is -2.80. The van der Waals surface area contributed by atoms with Crippen LogP contribution in [0.5, 0.6) is 11.5 Å². The molecule has 2 atom stereocenters. The molecule has 2 unspecified atom stereocenters. The van der Waals surface area contributed by atoms with E-state index in [4.69, 9.17) is 14.6 Å². The predicted molar refractivity (Wildman–Crippen MR) is 123 cm³/mol. The summed E-state index contributed by atoms with van der Waals surface area (Å²) in [5.41, 5.74) is 3.65. The van der Waals surface area contributed by atoms with Crippen molar-refractivity contribution in [3.8, 4) is 11.5 Å². The zero-order valence-electron chi connectivity index (χ0n) is 18.1. The lowest BCUT2D eigenvalue weighted by Gasteiger charge is -2.30. The van der Waals surface area contributed by atoms with Crippen molar-refractivity contribution in [1.29, 1.82) is 0 Å². The molecule has 0 bridgehead atoms. The van der Waals surface area contributed by atoms with E-state index in [2.05, 4.69) is 11.9 Å². The van der Waals surface area contributed by atoms with Crippen LogP contribution in [0.3, 0.4) is 0 Å². The van der Waals surface area contributed by atoms with Gasteiger partial charge in [0.05, 0.1) is 37.5 Å². The van der Waals surface area contributed by atoms with Crippen LogP contribution in [-0.2, 0) is 9.84 Å². The third-order valence-electron chi connectivity index (χ3n) is 5.79. The molecular formula is C24H28N2O4S. The third-order valence-corrected chi connectivity index (χ3v) is 7.41. The molecule has 2 aliphatic rings. The SMILES string of the molecule is CCCN1N=C2/C(=C/c3ccc(OC)cc3)CS(=O)(=O)CC2C1c1ccc(OC)cc1. The molecule has 1 fully saturated rings. The molecule has 7 heteroatoms. The first-order chi connectivity index (χ1) is 14.9. The molecule has 0 aliphatic carbocycles. The number of hydrogen-bond donors (Lipinski definition) is 0. The predicted octanol–water partition coefficient (Wildman–Crippen LogP) is 3.95. The maximum absolute atomic E-state index is 12.9. The molecule has 4 rings (SSSR count). The van der Waals surface area contributed by atoms with E-state index >= 15 is 0 Å². The molecule has 2 aromatic carbocycles. The zero-order valence-corrected chi connectivity index (χ0v) is 18.9. The van der Waals surface area contributed by atoms with Crippen LogP contribution in [0.15, 0.2) is 59.2 Å². The number of benzene rings is 2. The number of rotatable bonds is 6. The van der Waals surface area contributed by atoms with E-state index in [9.17, 15) is 8.42 Å². The van der Waals surface area contributed by atoms with E-state index < -0.39 is 9.84 Å². The van der Waals surface area contributed by atoms with Crippen molar-refractivity contribution in [2.75, 3.05) is 32.3 Å². The Morgan fingerprint density at radius 2 is 1.65 bits per heavy atom. The summed E-state index contributed by atoms with van der Waals surface area (Å²) < 4.78 is 36.3. The van der Waals surface area contributed by atoms with Gasteiger partial charge in [-0.1, -0.05) is 31.2 Å². The minimum Gasteiger partial charge on any atom is -0.497 e. The van der Waals surface area contributed by atoms with Crippen LogP contribution in [0, 0.1) is 5.92 Å². The Morgan fingerprint density at radius 3 is 2.23 bits per heavy atom. The topological polar surface area (TPSA) is 68.2 Å². The first kappa shape index (κ1) is 21.4. The Morgan fingerprint density at radius 1 is 1.03 bits per heavy atom. The second kappa shape index (κ2) is 8.75. The lowest BCUT2D eigenvalue weighted by Crippen LogP contribution is -2.37. The molecule has 0 spiro atoms. The van der Waals surface area contributed by atoms with Crippen molar-refractivity contribution >= 4 is 21.6 Å². The Labute approximate surface area is 184 Å². The van der Waals surface area contributed by atoms with Crippen LogP contribution in [0.4, 0.5) is 0 Å². The largest absolute Gasteiger partial charge is 0.497 e. The maximum Gasteiger partial charge on any atom is 0.155 e. The maximum atomic E-state index is 12.9. The van der Waals surface area contributed by atoms with E-state index in [1.165, 1.54) is 0 Å². The van der Waals surface area contributed by atoms with Gasteiger partial charge in [-0.05, 0) is 53.5 Å². The van der Waals surface area contributed by atoms with E-state index in [0.29, 0.717) is 0 Å². The number of ether oxygens (including phenoxy) is 2. The molecule has 164 valence electrons. The highest BCUT2D eigenvalue weighted by atomic mass is 32.2. The molecule has 0 aromatic heterocycles. The van der Waals surface area contributed by atoms with Crippen LogP contribution in [-0.4, -0.2) is 51.4 Å². The van der Waals surface area contributed by atoms with Crippen molar-refractivity contribution in [2.45, 2.75) is 19.4 Å². The molecule has 2 aliphatic heterocycles. The summed E-state index contributed by atoms with van der Waals surface area (Å²) in [5, 5.41) is 7.00. The Kier molecular flexibility index (Phi) is 6.05. The molecule has 2 aromatic rings. The summed E-state index contributed by atoms with van der Waals surface area (Å²) >= 11 is 0. The van der Waals surface area contributed by atoms with Gasteiger partial charge in [-0.25, -0.2) is 8.42 Å². The summed E-state index contributed by atoms with van der Waals surface area (Å²) in [4.78, 5) is 0. The first-order valence-corrected chi connectivity index (χ1v) is 12.3. The summed E-state index contributed by atoms with van der Waals surface area (Å²) in [6.07, 6.45) is 2.88. The summed E-state index contributed by atoms with van der Waals surface area (Å²) in [6, 6.07) is 15.4. The highest BCUT2D eigenvalue weighted by molar-refractivity contribution is 7.91. The lowest BCUT2D eigenvalue weighted by molar-refractivity contribution is 0.208. The normalized spacial score (nSPS) is 23.4. The molecular weight excluding hydrogens is 412 g/mol. The Balaban J connectivity index is 1.74. The summed E-state index contributed by atoms with van der Waals surface area (Å²) in [6.45, 7) is 2.88. The van der Waals surface area contributed by atoms with Gasteiger partial charge in [0, 0.05) is 12.5 Å². The number of fused-ring (bicyclic) bond motifs is 1. The number of sulfone groups is 1. The average Bonchev–Trinajstić information content (AvgIpc) is 3.11. The van der Waals surface area contributed by atoms with Crippen molar-refractivity contribution in [1.82, 2.24) is 5.01 Å². The van der Waals surface area contributed by atoms with Crippen LogP contribution >= 0.6 is 0 Å². The number of nitrogens with zero attached hydrogens (tertiary/aromatic N) is 2. The Bertz CT molecular complexity index is 1090. The van der Waals surface area contributed by atoms with Gasteiger partial charge in [-0.15, -0.1) is 0 Å². The van der Waals surface area contributed by atoms with Crippen LogP contribution in [0.2, 0.25) is 0 Å². The van der Waals surface area contributed by atoms with Gasteiger partial charge in [-0.2, -0.15) is 5.10 Å². The van der Waals surface area contributed by atoms with Gasteiger partial charge in [0.25, 0.3) is 0 Å². The van der Waals surface area contributed by atoms with E-state index in [1.807, 2.05) is 54.6 Å². The van der Waals surface area contributed by atoms with E-state index in [0.717, 1.165) is 46.9 Å². The van der Waals surface area contributed by atoms with E-state index in [-0.39, 0.29) is 23.5 Å². The fraction of sp³-hybridized carbons (Fsp3) is 0.375. The molecule has 2 heterocycles. The second-order valence-corrected chi connectivity index (χ2v) is 10.1. The van der Waals surface area contributed by atoms with Gasteiger partial charge in [0.2, 0.25) is 0 Å². The second-order valence-electron chi connectivity index (χ2n) is 7.97. The molecule has 0 radical (unpaired) electrons. The first-order valence-electron chi connectivity index (χ1n) is 10.5. The zero-order chi connectivity index (χ0) is 22.0. The smallest absolute Gasteiger partial charge is 0.155 e. The van der Waals surface area contributed by atoms with Gasteiger partial charge in [0.1, 0.15) is 11.5 Å². The van der Waals surface area contributed by atoms with Gasteiger partial charge < -0.3 is 9.47 Å². The molecule has 31 heavy (non-hydrogen) atoms. The van der Waals surface area contributed by atoms with Crippen molar-refractivity contribution in [2.24, 2.45) is 11.0 Å². The number of methoxy groups -OCH3 is 2. The highest BCUT2D eigenvalue weighted by Gasteiger charge is 2.45. The molecule has 0 amide bonds. The standard InChI is InChI=1S/C24H28N2O4S/c1-4-13-26-24(18-7-11-21(30-3)12-8-18)22-16-31(27,28)15-19(23(22)25-26)14-17-5-9-20(29-2)10-6-17/h5-12,14,22,24H,4,13,15-16H2,1-3H3/b19-14+. The number of hydrogen-bond acceptors (Lipinski definition) is 6. The molecule has 0 saturated carbocycles. The quantitative estimate of drug-likeness (QED) is 0.680. The summed E-state index contributed by atoms with van der Waals surface area (Å²) in [7, 11) is 0.0274. The average molecular weight is 441 g/mol. The summed E-state index contributed by atoms with van der Waals surface area (Å²) in [5.74, 6) is 1.49. The van der Waals surface area contributed by atoms with Gasteiger partial charge >= 0.3 is 0 Å². The monoisotopic (exact) mass is 440 g/mol. The fourth-order valence-electron chi connectivity index (χ4n) is 4.39. The molecule has 6 nitrogen and oxygen atoms in total.